The highest BCUT2D eigenvalue weighted by molar-refractivity contribution is 9.10. The smallest absolute Gasteiger partial charge is 0.337 e. The number of nitrogens with zero attached hydrogens (tertiary/aromatic N) is 2. The number of aromatic carboxylic acids is 1. The van der Waals surface area contributed by atoms with Gasteiger partial charge < -0.3 is 14.9 Å². The molecule has 94 valence electrons. The molecule has 6 nitrogen and oxygen atoms in total. The summed E-state index contributed by atoms with van der Waals surface area (Å²) in [6, 6.07) is 4.88. The summed E-state index contributed by atoms with van der Waals surface area (Å²) in [5.74, 6) is -0.0463. The first kappa shape index (κ1) is 12.6. The number of hydrogen-bond acceptors (Lipinski definition) is 5. The zero-order valence-electron chi connectivity index (χ0n) is 9.48. The van der Waals surface area contributed by atoms with Gasteiger partial charge in [-0.15, -0.1) is 0 Å². The molecule has 0 saturated heterocycles. The largest absolute Gasteiger partial charge is 0.478 e. The molecular weight excluding hydrogens is 302 g/mol. The molecule has 1 heterocycles. The van der Waals surface area contributed by atoms with Crippen LogP contribution in [0.2, 0.25) is 0 Å². The van der Waals surface area contributed by atoms with Crippen molar-refractivity contribution in [3.8, 4) is 0 Å². The van der Waals surface area contributed by atoms with Gasteiger partial charge in [0, 0.05) is 4.47 Å². The zero-order chi connectivity index (χ0) is 13.1. The maximum Gasteiger partial charge on any atom is 0.337 e. The van der Waals surface area contributed by atoms with E-state index in [4.69, 9.17) is 9.63 Å². The van der Waals surface area contributed by atoms with Gasteiger partial charge in [0.05, 0.1) is 17.8 Å². The molecule has 2 aromatic rings. The Morgan fingerprint density at radius 2 is 2.33 bits per heavy atom. The molecule has 7 heteroatoms. The van der Waals surface area contributed by atoms with Crippen LogP contribution >= 0.6 is 15.9 Å². The van der Waals surface area contributed by atoms with Gasteiger partial charge in [0.2, 0.25) is 5.89 Å². The molecule has 2 N–H and O–H groups in total. The number of rotatable bonds is 4. The second-order valence-electron chi connectivity index (χ2n) is 3.58. The monoisotopic (exact) mass is 311 g/mol. The highest BCUT2D eigenvalue weighted by Crippen LogP contribution is 2.22. The summed E-state index contributed by atoms with van der Waals surface area (Å²) in [5, 5.41) is 15.7. The van der Waals surface area contributed by atoms with E-state index in [2.05, 4.69) is 31.4 Å². The Labute approximate surface area is 111 Å². The van der Waals surface area contributed by atoms with Gasteiger partial charge in [0.1, 0.15) is 0 Å². The number of aryl methyl sites for hydroxylation is 1. The third kappa shape index (κ3) is 2.86. The number of anilines is 1. The first-order valence-electron chi connectivity index (χ1n) is 5.12. The predicted molar refractivity (Wildman–Crippen MR) is 67.5 cm³/mol. The van der Waals surface area contributed by atoms with Crippen LogP contribution in [0.15, 0.2) is 27.2 Å². The van der Waals surface area contributed by atoms with E-state index in [-0.39, 0.29) is 12.1 Å². The molecule has 0 aliphatic carbocycles. The summed E-state index contributed by atoms with van der Waals surface area (Å²) < 4.78 is 5.72. The number of hydrogen-bond donors (Lipinski definition) is 2. The van der Waals surface area contributed by atoms with Gasteiger partial charge in [0.15, 0.2) is 5.82 Å². The lowest BCUT2D eigenvalue weighted by Crippen LogP contribution is -2.06. The van der Waals surface area contributed by atoms with Crippen molar-refractivity contribution in [3.63, 3.8) is 0 Å². The molecule has 1 aromatic heterocycles. The highest BCUT2D eigenvalue weighted by Gasteiger charge is 2.11. The fourth-order valence-electron chi connectivity index (χ4n) is 1.43. The fraction of sp³-hybridized carbons (Fsp3) is 0.182. The quantitative estimate of drug-likeness (QED) is 0.901. The van der Waals surface area contributed by atoms with Crippen molar-refractivity contribution in [2.75, 3.05) is 5.32 Å². The Morgan fingerprint density at radius 1 is 1.56 bits per heavy atom. The van der Waals surface area contributed by atoms with Crippen LogP contribution in [-0.2, 0) is 6.54 Å². The SMILES string of the molecule is Cc1noc(CNc2cc(Br)ccc2C(=O)O)n1. The van der Waals surface area contributed by atoms with E-state index in [1.54, 1.807) is 19.1 Å². The third-order valence-electron chi connectivity index (χ3n) is 2.21. The first-order chi connectivity index (χ1) is 8.56. The molecule has 0 atom stereocenters. The molecular formula is C11H10BrN3O3. The van der Waals surface area contributed by atoms with Crippen LogP contribution in [-0.4, -0.2) is 21.2 Å². The van der Waals surface area contributed by atoms with Gasteiger partial charge in [-0.05, 0) is 25.1 Å². The zero-order valence-corrected chi connectivity index (χ0v) is 11.1. The van der Waals surface area contributed by atoms with E-state index in [9.17, 15) is 4.79 Å². The summed E-state index contributed by atoms with van der Waals surface area (Å²) in [4.78, 5) is 15.1. The number of nitrogens with one attached hydrogen (secondary N) is 1. The lowest BCUT2D eigenvalue weighted by atomic mass is 10.2. The van der Waals surface area contributed by atoms with Crippen LogP contribution in [0, 0.1) is 6.92 Å². The third-order valence-corrected chi connectivity index (χ3v) is 2.70. The molecule has 0 saturated carbocycles. The molecule has 0 unspecified atom stereocenters. The first-order valence-corrected chi connectivity index (χ1v) is 5.91. The fourth-order valence-corrected chi connectivity index (χ4v) is 1.79. The van der Waals surface area contributed by atoms with E-state index < -0.39 is 5.97 Å². The minimum atomic E-state index is -0.994. The average Bonchev–Trinajstić information content (AvgIpc) is 2.72. The Balaban J connectivity index is 2.17. The molecule has 0 fully saturated rings. The van der Waals surface area contributed by atoms with Crippen LogP contribution in [0.1, 0.15) is 22.1 Å². The van der Waals surface area contributed by atoms with Crippen LogP contribution < -0.4 is 5.32 Å². The number of carbonyl (C=O) groups is 1. The standard InChI is InChI=1S/C11H10BrN3O3/c1-6-14-10(18-15-6)5-13-9-4-7(12)2-3-8(9)11(16)17/h2-4,13H,5H2,1H3,(H,16,17). The van der Waals surface area contributed by atoms with Crippen molar-refractivity contribution < 1.29 is 14.4 Å². The van der Waals surface area contributed by atoms with Crippen LogP contribution in [0.3, 0.4) is 0 Å². The van der Waals surface area contributed by atoms with Gasteiger partial charge >= 0.3 is 5.97 Å². The molecule has 2 rings (SSSR count). The molecule has 1 aromatic carbocycles. The number of aromatic nitrogens is 2. The lowest BCUT2D eigenvalue weighted by molar-refractivity contribution is 0.0698. The lowest BCUT2D eigenvalue weighted by Gasteiger charge is -2.07. The minimum absolute atomic E-state index is 0.189. The van der Waals surface area contributed by atoms with E-state index in [1.807, 2.05) is 0 Å². The van der Waals surface area contributed by atoms with E-state index in [0.29, 0.717) is 17.4 Å². The second kappa shape index (κ2) is 5.18. The Kier molecular flexibility index (Phi) is 3.61. The number of benzene rings is 1. The predicted octanol–water partition coefficient (Wildman–Crippen LogP) is 2.45. The van der Waals surface area contributed by atoms with Gasteiger partial charge in [-0.3, -0.25) is 0 Å². The van der Waals surface area contributed by atoms with Crippen molar-refractivity contribution in [1.82, 2.24) is 10.1 Å². The van der Waals surface area contributed by atoms with Crippen molar-refractivity contribution in [2.24, 2.45) is 0 Å². The molecule has 18 heavy (non-hydrogen) atoms. The normalized spacial score (nSPS) is 10.3. The summed E-state index contributed by atoms with van der Waals surface area (Å²) >= 11 is 3.29. The number of halogens is 1. The van der Waals surface area contributed by atoms with Crippen molar-refractivity contribution in [1.29, 1.82) is 0 Å². The summed E-state index contributed by atoms with van der Waals surface area (Å²) in [5.41, 5.74) is 0.683. The molecule has 0 amide bonds. The molecule has 0 aliphatic heterocycles. The van der Waals surface area contributed by atoms with Crippen molar-refractivity contribution in [2.45, 2.75) is 13.5 Å². The van der Waals surface area contributed by atoms with E-state index in [1.165, 1.54) is 6.07 Å². The Morgan fingerprint density at radius 3 is 2.94 bits per heavy atom. The van der Waals surface area contributed by atoms with Crippen molar-refractivity contribution >= 4 is 27.6 Å². The second-order valence-corrected chi connectivity index (χ2v) is 4.50. The maximum absolute atomic E-state index is 11.0. The van der Waals surface area contributed by atoms with E-state index >= 15 is 0 Å². The molecule has 0 radical (unpaired) electrons. The number of carboxylic acids is 1. The van der Waals surface area contributed by atoms with Gasteiger partial charge in [0.25, 0.3) is 0 Å². The van der Waals surface area contributed by atoms with Crippen molar-refractivity contribution in [3.05, 3.63) is 40.0 Å². The Bertz CT molecular complexity index is 583. The number of carboxylic acid groups (broad SMARTS) is 1. The van der Waals surface area contributed by atoms with E-state index in [0.717, 1.165) is 4.47 Å². The Hall–Kier alpha value is -1.89. The van der Waals surface area contributed by atoms with Gasteiger partial charge in [-0.2, -0.15) is 4.98 Å². The topological polar surface area (TPSA) is 88.2 Å². The van der Waals surface area contributed by atoms with Gasteiger partial charge in [-0.1, -0.05) is 21.1 Å². The summed E-state index contributed by atoms with van der Waals surface area (Å²) in [6.45, 7) is 1.99. The van der Waals surface area contributed by atoms with Crippen LogP contribution in [0.4, 0.5) is 5.69 Å². The molecule has 0 spiro atoms. The van der Waals surface area contributed by atoms with Crippen LogP contribution in [0.25, 0.3) is 0 Å². The maximum atomic E-state index is 11.0. The highest BCUT2D eigenvalue weighted by atomic mass is 79.9. The van der Waals surface area contributed by atoms with Gasteiger partial charge in [-0.25, -0.2) is 4.79 Å². The minimum Gasteiger partial charge on any atom is -0.478 e. The molecule has 0 bridgehead atoms. The molecule has 0 aliphatic rings. The van der Waals surface area contributed by atoms with Crippen LogP contribution in [0.5, 0.6) is 0 Å². The average molecular weight is 312 g/mol. The summed E-state index contributed by atoms with van der Waals surface area (Å²) in [7, 11) is 0. The summed E-state index contributed by atoms with van der Waals surface area (Å²) in [6.07, 6.45) is 0.